The Labute approximate surface area is 216 Å². The van der Waals surface area contributed by atoms with Crippen LogP contribution in [0, 0.1) is 0 Å². The third-order valence-corrected chi connectivity index (χ3v) is 8.37. The number of thiophene rings is 1. The number of nitrogens with zero attached hydrogens (tertiary/aromatic N) is 3. The van der Waals surface area contributed by atoms with E-state index in [9.17, 15) is 14.4 Å². The molecule has 0 unspecified atom stereocenters. The molecule has 0 spiro atoms. The van der Waals surface area contributed by atoms with E-state index in [0.717, 1.165) is 61.3 Å². The van der Waals surface area contributed by atoms with Crippen LogP contribution in [0.15, 0.2) is 35.1 Å². The Bertz CT molecular complexity index is 1310. The number of likely N-dealkylation sites (N-methyl/N-ethyl adjacent to an activating group) is 2. The lowest BCUT2D eigenvalue weighted by atomic mass is 9.94. The average Bonchev–Trinajstić information content (AvgIpc) is 3.31. The number of benzene rings is 1. The third kappa shape index (κ3) is 4.97. The molecule has 1 aromatic carbocycles. The maximum atomic E-state index is 13.9. The summed E-state index contributed by atoms with van der Waals surface area (Å²) < 4.78 is 8.16. The molecule has 0 N–H and O–H groups in total. The maximum Gasteiger partial charge on any atom is 0.267 e. The molecule has 0 atom stereocenters. The Kier molecular flexibility index (Phi) is 8.26. The number of rotatable bonds is 10. The lowest BCUT2D eigenvalue weighted by molar-refractivity contribution is 0.0781. The van der Waals surface area contributed by atoms with Crippen LogP contribution in [0.5, 0.6) is 5.75 Å². The molecule has 7 nitrogen and oxygen atoms in total. The molecule has 36 heavy (non-hydrogen) atoms. The molecule has 0 bridgehead atoms. The Morgan fingerprint density at radius 2 is 1.75 bits per heavy atom. The lowest BCUT2D eigenvalue weighted by Gasteiger charge is -2.23. The van der Waals surface area contributed by atoms with Gasteiger partial charge in [-0.15, -0.1) is 11.3 Å². The maximum absolute atomic E-state index is 13.9. The summed E-state index contributed by atoms with van der Waals surface area (Å²) in [4.78, 5) is 44.8. The van der Waals surface area contributed by atoms with Crippen LogP contribution in [0.4, 0.5) is 0 Å². The molecule has 3 aromatic rings. The second-order valence-corrected chi connectivity index (χ2v) is 10.3. The molecule has 0 saturated heterocycles. The minimum Gasteiger partial charge on any atom is -0.494 e. The molecule has 2 heterocycles. The van der Waals surface area contributed by atoms with Gasteiger partial charge in [0.2, 0.25) is 0 Å². The van der Waals surface area contributed by atoms with Crippen molar-refractivity contribution in [3.05, 3.63) is 62.4 Å². The normalized spacial score (nSPS) is 13.1. The molecule has 8 heteroatoms. The van der Waals surface area contributed by atoms with E-state index < -0.39 is 0 Å². The summed E-state index contributed by atoms with van der Waals surface area (Å²) in [6, 6.07) is 9.06. The fourth-order valence-electron chi connectivity index (χ4n) is 4.98. The first kappa shape index (κ1) is 26.1. The van der Waals surface area contributed by atoms with Crippen molar-refractivity contribution in [2.45, 2.75) is 46.1 Å². The molecule has 192 valence electrons. The monoisotopic (exact) mass is 509 g/mol. The number of methoxy groups -OCH3 is 1. The van der Waals surface area contributed by atoms with Crippen LogP contribution in [0.25, 0.3) is 10.1 Å². The topological polar surface area (TPSA) is 71.8 Å². The Hall–Kier alpha value is -2.97. The van der Waals surface area contributed by atoms with E-state index in [2.05, 4.69) is 18.7 Å². The lowest BCUT2D eigenvalue weighted by Crippen LogP contribution is -2.36. The number of hydrogen-bond acceptors (Lipinski definition) is 6. The van der Waals surface area contributed by atoms with Crippen LogP contribution in [0.2, 0.25) is 0 Å². The molecule has 0 aliphatic heterocycles. The zero-order chi connectivity index (χ0) is 25.8. The molecule has 1 aliphatic rings. The first-order valence-electron chi connectivity index (χ1n) is 12.7. The zero-order valence-electron chi connectivity index (χ0n) is 21.6. The summed E-state index contributed by atoms with van der Waals surface area (Å²) in [6.45, 7) is 7.43. The average molecular weight is 510 g/mol. The Balaban J connectivity index is 1.78. The van der Waals surface area contributed by atoms with Crippen molar-refractivity contribution >= 4 is 33.1 Å². The number of amides is 1. The summed E-state index contributed by atoms with van der Waals surface area (Å²) in [5.41, 5.74) is 2.32. The van der Waals surface area contributed by atoms with Crippen molar-refractivity contribution in [1.29, 1.82) is 0 Å². The number of ether oxygens (including phenoxy) is 1. The van der Waals surface area contributed by atoms with Crippen molar-refractivity contribution in [2.24, 2.45) is 0 Å². The number of ketones is 1. The molecule has 1 aliphatic carbocycles. The second kappa shape index (κ2) is 11.4. The van der Waals surface area contributed by atoms with E-state index in [4.69, 9.17) is 4.74 Å². The molecule has 0 fully saturated rings. The van der Waals surface area contributed by atoms with Crippen LogP contribution in [0.3, 0.4) is 0 Å². The van der Waals surface area contributed by atoms with Gasteiger partial charge in [-0.3, -0.25) is 14.4 Å². The fourth-order valence-corrected chi connectivity index (χ4v) is 6.33. The van der Waals surface area contributed by atoms with E-state index in [1.54, 1.807) is 28.6 Å². The summed E-state index contributed by atoms with van der Waals surface area (Å²) in [5.74, 6) is 0.0801. The standard InChI is InChI=1S/C28H35N3O4S/c1-5-30(6-2)17-16-29(3)28(34)26-24(35-4)23-25(36-26)20-14-10-11-15-21(20)31(27(23)33)18-22(32)19-12-8-7-9-13-19/h7-9,12-13H,5-6,10-11,14-18H2,1-4H3. The van der Waals surface area contributed by atoms with Crippen molar-refractivity contribution in [2.75, 3.05) is 40.3 Å². The molecular formula is C28H35N3O4S. The van der Waals surface area contributed by atoms with Gasteiger partial charge in [-0.25, -0.2) is 0 Å². The van der Waals surface area contributed by atoms with E-state index >= 15 is 0 Å². The van der Waals surface area contributed by atoms with Gasteiger partial charge in [-0.05, 0) is 44.3 Å². The smallest absolute Gasteiger partial charge is 0.267 e. The highest BCUT2D eigenvalue weighted by Crippen LogP contribution is 2.41. The Morgan fingerprint density at radius 1 is 1.06 bits per heavy atom. The highest BCUT2D eigenvalue weighted by molar-refractivity contribution is 7.21. The van der Waals surface area contributed by atoms with Gasteiger partial charge in [0.1, 0.15) is 10.3 Å². The third-order valence-electron chi connectivity index (χ3n) is 7.15. The van der Waals surface area contributed by atoms with Gasteiger partial charge in [0, 0.05) is 36.1 Å². The number of aromatic nitrogens is 1. The van der Waals surface area contributed by atoms with E-state index in [0.29, 0.717) is 28.1 Å². The fraction of sp³-hybridized carbons (Fsp3) is 0.464. The van der Waals surface area contributed by atoms with Gasteiger partial charge in [-0.2, -0.15) is 0 Å². The summed E-state index contributed by atoms with van der Waals surface area (Å²) in [5, 5.41) is 0.421. The predicted molar refractivity (Wildman–Crippen MR) is 145 cm³/mol. The van der Waals surface area contributed by atoms with Gasteiger partial charge in [-0.1, -0.05) is 44.2 Å². The summed E-state index contributed by atoms with van der Waals surface area (Å²) >= 11 is 1.36. The van der Waals surface area contributed by atoms with Crippen LogP contribution in [-0.4, -0.2) is 66.4 Å². The molecular weight excluding hydrogens is 474 g/mol. The number of fused-ring (bicyclic) bond motifs is 3. The second-order valence-electron chi connectivity index (χ2n) is 9.24. The number of carbonyl (C=O) groups excluding carboxylic acids is 2. The van der Waals surface area contributed by atoms with E-state index in [1.807, 2.05) is 18.2 Å². The number of carbonyl (C=O) groups is 2. The van der Waals surface area contributed by atoms with E-state index in [-0.39, 0.29) is 23.8 Å². The molecule has 2 aromatic heterocycles. The minimum atomic E-state index is -0.257. The van der Waals surface area contributed by atoms with Gasteiger partial charge in [0.25, 0.3) is 11.5 Å². The summed E-state index contributed by atoms with van der Waals surface area (Å²) in [7, 11) is 3.30. The van der Waals surface area contributed by atoms with Gasteiger partial charge < -0.3 is 19.1 Å². The van der Waals surface area contributed by atoms with Gasteiger partial charge >= 0.3 is 0 Å². The Morgan fingerprint density at radius 3 is 2.42 bits per heavy atom. The quantitative estimate of drug-likeness (QED) is 0.382. The number of Topliss-reactive ketones (excluding diaryl/α,β-unsaturated/α-hetero) is 1. The van der Waals surface area contributed by atoms with Gasteiger partial charge in [0.05, 0.1) is 13.7 Å². The highest BCUT2D eigenvalue weighted by Gasteiger charge is 2.30. The van der Waals surface area contributed by atoms with Gasteiger partial charge in [0.15, 0.2) is 11.5 Å². The highest BCUT2D eigenvalue weighted by atomic mass is 32.1. The molecule has 4 rings (SSSR count). The molecule has 1 amide bonds. The number of hydrogen-bond donors (Lipinski definition) is 0. The SMILES string of the molecule is CCN(CC)CCN(C)C(=O)c1sc2c3c(n(CC(=O)c4ccccc4)c(=O)c2c1OC)CCCC3. The van der Waals surface area contributed by atoms with Crippen LogP contribution >= 0.6 is 11.3 Å². The molecule has 0 saturated carbocycles. The number of pyridine rings is 1. The molecule has 0 radical (unpaired) electrons. The van der Waals surface area contributed by atoms with Crippen molar-refractivity contribution in [1.82, 2.24) is 14.4 Å². The zero-order valence-corrected chi connectivity index (χ0v) is 22.5. The van der Waals surface area contributed by atoms with Crippen molar-refractivity contribution in [3.63, 3.8) is 0 Å². The van der Waals surface area contributed by atoms with Crippen LogP contribution < -0.4 is 10.3 Å². The van der Waals surface area contributed by atoms with E-state index in [1.165, 1.54) is 18.4 Å². The first-order valence-corrected chi connectivity index (χ1v) is 13.5. The summed E-state index contributed by atoms with van der Waals surface area (Å²) in [6.07, 6.45) is 3.55. The largest absolute Gasteiger partial charge is 0.494 e. The number of aryl methyl sites for hydroxylation is 1. The first-order chi connectivity index (χ1) is 17.4. The predicted octanol–water partition coefficient (Wildman–Crippen LogP) is 4.25. The minimum absolute atomic E-state index is 0.0207. The van der Waals surface area contributed by atoms with Crippen LogP contribution in [-0.2, 0) is 19.4 Å². The van der Waals surface area contributed by atoms with Crippen LogP contribution in [0.1, 0.15) is 58.0 Å². The van der Waals surface area contributed by atoms with Crippen molar-refractivity contribution in [3.8, 4) is 5.75 Å². The van der Waals surface area contributed by atoms with Crippen molar-refractivity contribution < 1.29 is 14.3 Å².